The summed E-state index contributed by atoms with van der Waals surface area (Å²) in [5, 5.41) is 0. The van der Waals surface area contributed by atoms with Crippen LogP contribution in [0.2, 0.25) is 0 Å². The lowest BCUT2D eigenvalue weighted by atomic mass is 10.1. The van der Waals surface area contributed by atoms with E-state index in [9.17, 15) is 8.42 Å². The summed E-state index contributed by atoms with van der Waals surface area (Å²) >= 11 is 4.79. The lowest BCUT2D eigenvalue weighted by molar-refractivity contribution is 0.404. The Balaban J connectivity index is 2.35. The van der Waals surface area contributed by atoms with Gasteiger partial charge in [0, 0.05) is 17.5 Å². The molecule has 1 aliphatic rings. The van der Waals surface area contributed by atoms with Crippen LogP contribution in [0.25, 0.3) is 0 Å². The third kappa shape index (κ3) is 2.51. The highest BCUT2D eigenvalue weighted by atomic mass is 79.9. The van der Waals surface area contributed by atoms with Gasteiger partial charge >= 0.3 is 0 Å². The molecule has 1 aromatic heterocycles. The van der Waals surface area contributed by atoms with Crippen LogP contribution in [0.3, 0.4) is 0 Å². The molecule has 0 radical (unpaired) electrons. The molecule has 18 heavy (non-hydrogen) atoms. The first-order chi connectivity index (χ1) is 8.36. The van der Waals surface area contributed by atoms with Gasteiger partial charge in [-0.1, -0.05) is 0 Å². The van der Waals surface area contributed by atoms with Crippen LogP contribution in [0.4, 0.5) is 0 Å². The quantitative estimate of drug-likeness (QED) is 0.906. The van der Waals surface area contributed by atoms with Gasteiger partial charge in [-0.05, 0) is 54.7 Å². The van der Waals surface area contributed by atoms with E-state index in [-0.39, 0.29) is 12.0 Å². The molecule has 2 atom stereocenters. The average molecular weight is 353 g/mol. The predicted octanol–water partition coefficient (Wildman–Crippen LogP) is 2.18. The van der Waals surface area contributed by atoms with E-state index in [0.29, 0.717) is 18.0 Å². The Kier molecular flexibility index (Phi) is 4.18. The molecule has 0 saturated carbocycles. The molecule has 1 aliphatic heterocycles. The third-order valence-electron chi connectivity index (χ3n) is 3.37. The fraction of sp³-hybridized carbons (Fsp3) is 0.636. The van der Waals surface area contributed by atoms with E-state index in [1.165, 1.54) is 11.3 Å². The Bertz CT molecular complexity index is 541. The highest BCUT2D eigenvalue weighted by Crippen LogP contribution is 2.35. The van der Waals surface area contributed by atoms with Crippen LogP contribution in [0.15, 0.2) is 14.7 Å². The van der Waals surface area contributed by atoms with Crippen LogP contribution in [0.5, 0.6) is 0 Å². The Hall–Kier alpha value is 0.0500. The fourth-order valence-corrected chi connectivity index (χ4v) is 6.53. The normalized spacial score (nSPS) is 25.8. The van der Waals surface area contributed by atoms with Crippen LogP contribution >= 0.6 is 27.3 Å². The second-order valence-corrected chi connectivity index (χ2v) is 9.23. The lowest BCUT2D eigenvalue weighted by Crippen LogP contribution is -2.34. The number of nitrogens with zero attached hydrogens (tertiary/aromatic N) is 1. The van der Waals surface area contributed by atoms with E-state index in [1.54, 1.807) is 10.4 Å². The highest BCUT2D eigenvalue weighted by Gasteiger charge is 2.38. The van der Waals surface area contributed by atoms with E-state index in [1.807, 2.05) is 13.8 Å². The molecule has 2 heterocycles. The number of halogens is 1. The van der Waals surface area contributed by atoms with Crippen LogP contribution in [-0.4, -0.2) is 31.9 Å². The zero-order chi connectivity index (χ0) is 13.5. The molecule has 2 N–H and O–H groups in total. The smallest absolute Gasteiger partial charge is 0.244 e. The van der Waals surface area contributed by atoms with Crippen LogP contribution in [0.1, 0.15) is 18.2 Å². The summed E-state index contributed by atoms with van der Waals surface area (Å²) in [6.07, 6.45) is 0.847. The van der Waals surface area contributed by atoms with E-state index >= 15 is 0 Å². The van der Waals surface area contributed by atoms with Crippen molar-refractivity contribution in [2.45, 2.75) is 31.2 Å². The molecule has 1 fully saturated rings. The van der Waals surface area contributed by atoms with Crippen molar-refractivity contribution in [3.63, 3.8) is 0 Å². The van der Waals surface area contributed by atoms with Crippen LogP contribution in [-0.2, 0) is 10.0 Å². The Morgan fingerprint density at radius 3 is 2.72 bits per heavy atom. The predicted molar refractivity (Wildman–Crippen MR) is 77.3 cm³/mol. The van der Waals surface area contributed by atoms with E-state index in [2.05, 4.69) is 15.9 Å². The van der Waals surface area contributed by atoms with E-state index in [4.69, 9.17) is 5.73 Å². The molecule has 7 heteroatoms. The van der Waals surface area contributed by atoms with Crippen LogP contribution < -0.4 is 5.73 Å². The standard InChI is InChI=1S/C11H17BrN2O2S2/c1-7-3-9(5-13)6-14(7)18(15,16)10-4-11(12)17-8(10)2/h4,7,9H,3,5-6,13H2,1-2H3. The Labute approximate surface area is 120 Å². The van der Waals surface area contributed by atoms with Crippen molar-refractivity contribution in [1.29, 1.82) is 0 Å². The summed E-state index contributed by atoms with van der Waals surface area (Å²) in [5.74, 6) is 0.275. The van der Waals surface area contributed by atoms with Crippen molar-refractivity contribution in [3.05, 3.63) is 14.7 Å². The minimum Gasteiger partial charge on any atom is -0.330 e. The maximum atomic E-state index is 12.6. The average Bonchev–Trinajstić information content (AvgIpc) is 2.82. The van der Waals surface area contributed by atoms with Gasteiger partial charge in [-0.25, -0.2) is 8.42 Å². The largest absolute Gasteiger partial charge is 0.330 e. The zero-order valence-electron chi connectivity index (χ0n) is 10.4. The number of hydrogen-bond donors (Lipinski definition) is 1. The van der Waals surface area contributed by atoms with Gasteiger partial charge in [0.1, 0.15) is 0 Å². The molecule has 2 unspecified atom stereocenters. The van der Waals surface area contributed by atoms with Gasteiger partial charge in [-0.15, -0.1) is 11.3 Å². The minimum absolute atomic E-state index is 0.0293. The Morgan fingerprint density at radius 2 is 2.28 bits per heavy atom. The van der Waals surface area contributed by atoms with Gasteiger partial charge in [0.15, 0.2) is 0 Å². The highest BCUT2D eigenvalue weighted by molar-refractivity contribution is 9.11. The summed E-state index contributed by atoms with van der Waals surface area (Å²) in [6, 6.07) is 1.72. The fourth-order valence-electron chi connectivity index (χ4n) is 2.43. The molecule has 102 valence electrons. The molecule has 1 aromatic rings. The first-order valence-electron chi connectivity index (χ1n) is 5.84. The van der Waals surface area contributed by atoms with Crippen molar-refractivity contribution >= 4 is 37.3 Å². The number of thiophene rings is 1. The van der Waals surface area contributed by atoms with Crippen LogP contribution in [0, 0.1) is 12.8 Å². The number of rotatable bonds is 3. The number of nitrogens with two attached hydrogens (primary N) is 1. The second kappa shape index (κ2) is 5.20. The van der Waals surface area contributed by atoms with Crippen molar-refractivity contribution in [2.24, 2.45) is 11.7 Å². The van der Waals surface area contributed by atoms with Gasteiger partial charge in [0.25, 0.3) is 0 Å². The summed E-state index contributed by atoms with van der Waals surface area (Å²) in [4.78, 5) is 1.24. The topological polar surface area (TPSA) is 63.4 Å². The summed E-state index contributed by atoms with van der Waals surface area (Å²) in [7, 11) is -3.38. The van der Waals surface area contributed by atoms with Crippen molar-refractivity contribution in [3.8, 4) is 0 Å². The maximum absolute atomic E-state index is 12.6. The minimum atomic E-state index is -3.38. The third-order valence-corrected chi connectivity index (χ3v) is 7.16. The van der Waals surface area contributed by atoms with Gasteiger partial charge in [-0.3, -0.25) is 0 Å². The first-order valence-corrected chi connectivity index (χ1v) is 8.89. The number of hydrogen-bond acceptors (Lipinski definition) is 4. The molecule has 1 saturated heterocycles. The molecule has 0 amide bonds. The maximum Gasteiger partial charge on any atom is 0.244 e. The molecular weight excluding hydrogens is 336 g/mol. The molecular formula is C11H17BrN2O2S2. The van der Waals surface area contributed by atoms with Gasteiger partial charge in [0.2, 0.25) is 10.0 Å². The molecule has 0 aromatic carbocycles. The molecule has 0 aliphatic carbocycles. The Morgan fingerprint density at radius 1 is 1.61 bits per heavy atom. The number of aryl methyl sites for hydroxylation is 1. The molecule has 4 nitrogen and oxygen atoms in total. The SMILES string of the molecule is Cc1sc(Br)cc1S(=O)(=O)N1CC(CN)CC1C. The van der Waals surface area contributed by atoms with Gasteiger partial charge < -0.3 is 5.73 Å². The molecule has 2 rings (SSSR count). The van der Waals surface area contributed by atoms with Gasteiger partial charge in [0.05, 0.1) is 8.68 Å². The van der Waals surface area contributed by atoms with E-state index < -0.39 is 10.0 Å². The monoisotopic (exact) mass is 352 g/mol. The molecule has 0 bridgehead atoms. The van der Waals surface area contributed by atoms with Crippen molar-refractivity contribution < 1.29 is 8.42 Å². The summed E-state index contributed by atoms with van der Waals surface area (Å²) < 4.78 is 27.7. The lowest BCUT2D eigenvalue weighted by Gasteiger charge is -2.20. The van der Waals surface area contributed by atoms with Gasteiger partial charge in [-0.2, -0.15) is 4.31 Å². The molecule has 0 spiro atoms. The second-order valence-electron chi connectivity index (χ2n) is 4.73. The summed E-state index contributed by atoms with van der Waals surface area (Å²) in [6.45, 7) is 4.86. The van der Waals surface area contributed by atoms with Crippen molar-refractivity contribution in [1.82, 2.24) is 4.31 Å². The zero-order valence-corrected chi connectivity index (χ0v) is 13.6. The first kappa shape index (κ1) is 14.5. The van der Waals surface area contributed by atoms with E-state index in [0.717, 1.165) is 15.1 Å². The number of sulfonamides is 1. The summed E-state index contributed by atoms with van der Waals surface area (Å²) in [5.41, 5.74) is 5.65. The van der Waals surface area contributed by atoms with Crippen molar-refractivity contribution in [2.75, 3.05) is 13.1 Å².